The molecule has 1 aliphatic rings. The topological polar surface area (TPSA) is 21.3 Å². The Bertz CT molecular complexity index is 316. The highest BCUT2D eigenvalue weighted by Crippen LogP contribution is 2.21. The monoisotopic (exact) mass is 353 g/mol. The molecule has 0 spiro atoms. The van der Waals surface area contributed by atoms with E-state index >= 15 is 0 Å². The molecule has 0 radical (unpaired) electrons. The number of rotatable bonds is 3. The first-order chi connectivity index (χ1) is 7.36. The summed E-state index contributed by atoms with van der Waals surface area (Å²) in [7, 11) is 0. The van der Waals surface area contributed by atoms with Gasteiger partial charge in [0.15, 0.2) is 0 Å². The lowest BCUT2D eigenvalue weighted by Crippen LogP contribution is -2.33. The Kier molecular flexibility index (Phi) is 6.46. The van der Waals surface area contributed by atoms with E-state index in [0.717, 1.165) is 18.9 Å². The average Bonchev–Trinajstić information content (AvgIpc) is 2.29. The van der Waals surface area contributed by atoms with E-state index in [9.17, 15) is 0 Å². The maximum absolute atomic E-state index is 5.83. The number of nitrogens with one attached hydrogen (secondary N) is 1. The molecular formula is C12H17ClINO. The lowest BCUT2D eigenvalue weighted by atomic mass is 10.0. The molecule has 0 bridgehead atoms. The minimum atomic E-state index is 0. The fourth-order valence-electron chi connectivity index (χ4n) is 1.84. The van der Waals surface area contributed by atoms with Crippen molar-refractivity contribution in [1.29, 1.82) is 0 Å². The molecule has 0 aromatic heterocycles. The van der Waals surface area contributed by atoms with Crippen LogP contribution in [-0.4, -0.2) is 19.7 Å². The predicted molar refractivity (Wildman–Crippen MR) is 77.5 cm³/mol. The maximum atomic E-state index is 5.83. The highest BCUT2D eigenvalue weighted by Gasteiger charge is 2.13. The van der Waals surface area contributed by atoms with Crippen LogP contribution in [0, 0.1) is 9.49 Å². The van der Waals surface area contributed by atoms with Crippen molar-refractivity contribution in [3.63, 3.8) is 0 Å². The van der Waals surface area contributed by atoms with Crippen LogP contribution in [0.2, 0.25) is 0 Å². The van der Waals surface area contributed by atoms with Gasteiger partial charge in [0.2, 0.25) is 0 Å². The largest absolute Gasteiger partial charge is 0.492 e. The summed E-state index contributed by atoms with van der Waals surface area (Å²) in [5.41, 5.74) is 0. The van der Waals surface area contributed by atoms with Crippen LogP contribution in [0.15, 0.2) is 24.3 Å². The molecule has 1 aliphatic heterocycles. The van der Waals surface area contributed by atoms with Gasteiger partial charge in [-0.2, -0.15) is 0 Å². The van der Waals surface area contributed by atoms with Crippen molar-refractivity contribution in [1.82, 2.24) is 5.32 Å². The second-order valence-electron chi connectivity index (χ2n) is 3.95. The van der Waals surface area contributed by atoms with Gasteiger partial charge in [-0.15, -0.1) is 12.4 Å². The van der Waals surface area contributed by atoms with E-state index in [1.807, 2.05) is 18.2 Å². The van der Waals surface area contributed by atoms with Crippen LogP contribution in [0.3, 0.4) is 0 Å². The zero-order chi connectivity index (χ0) is 10.5. The van der Waals surface area contributed by atoms with Gasteiger partial charge in [0, 0.05) is 12.5 Å². The van der Waals surface area contributed by atoms with Crippen LogP contribution in [0.4, 0.5) is 0 Å². The van der Waals surface area contributed by atoms with Crippen molar-refractivity contribution in [2.75, 3.05) is 19.7 Å². The number of benzene rings is 1. The Balaban J connectivity index is 0.00000128. The van der Waals surface area contributed by atoms with Crippen LogP contribution < -0.4 is 10.1 Å². The van der Waals surface area contributed by atoms with E-state index in [1.54, 1.807) is 0 Å². The summed E-state index contributed by atoms with van der Waals surface area (Å²) in [6.45, 7) is 3.11. The molecule has 1 fully saturated rings. The Morgan fingerprint density at radius 2 is 2.19 bits per heavy atom. The summed E-state index contributed by atoms with van der Waals surface area (Å²) < 4.78 is 7.02. The molecule has 2 nitrogen and oxygen atoms in total. The van der Waals surface area contributed by atoms with Crippen molar-refractivity contribution in [2.24, 2.45) is 5.92 Å². The number of hydrogen-bond donors (Lipinski definition) is 1. The first kappa shape index (κ1) is 14.1. The quantitative estimate of drug-likeness (QED) is 0.843. The van der Waals surface area contributed by atoms with Gasteiger partial charge in [0.1, 0.15) is 5.75 Å². The van der Waals surface area contributed by atoms with Crippen LogP contribution in [0.1, 0.15) is 12.8 Å². The molecule has 90 valence electrons. The van der Waals surface area contributed by atoms with E-state index in [1.165, 1.54) is 23.0 Å². The number of halogens is 2. The smallest absolute Gasteiger partial charge is 0.132 e. The SMILES string of the molecule is Cl.Ic1ccccc1OCC1CCCNC1. The Morgan fingerprint density at radius 3 is 2.88 bits per heavy atom. The number of ether oxygens (including phenoxy) is 1. The van der Waals surface area contributed by atoms with Gasteiger partial charge in [-0.25, -0.2) is 0 Å². The van der Waals surface area contributed by atoms with Crippen LogP contribution >= 0.6 is 35.0 Å². The van der Waals surface area contributed by atoms with Crippen molar-refractivity contribution in [3.8, 4) is 5.75 Å². The molecule has 1 N–H and O–H groups in total. The molecule has 1 saturated heterocycles. The Morgan fingerprint density at radius 1 is 1.38 bits per heavy atom. The number of piperidine rings is 1. The van der Waals surface area contributed by atoms with E-state index in [4.69, 9.17) is 4.74 Å². The zero-order valence-corrected chi connectivity index (χ0v) is 12.1. The van der Waals surface area contributed by atoms with Crippen molar-refractivity contribution >= 4 is 35.0 Å². The average molecular weight is 354 g/mol. The fraction of sp³-hybridized carbons (Fsp3) is 0.500. The van der Waals surface area contributed by atoms with Gasteiger partial charge in [0.25, 0.3) is 0 Å². The molecular weight excluding hydrogens is 336 g/mol. The third kappa shape index (κ3) is 4.11. The third-order valence-corrected chi connectivity index (χ3v) is 3.60. The molecule has 4 heteroatoms. The van der Waals surface area contributed by atoms with Crippen molar-refractivity contribution in [2.45, 2.75) is 12.8 Å². The lowest BCUT2D eigenvalue weighted by Gasteiger charge is -2.23. The first-order valence-corrected chi connectivity index (χ1v) is 6.52. The summed E-state index contributed by atoms with van der Waals surface area (Å²) in [6.07, 6.45) is 2.57. The summed E-state index contributed by atoms with van der Waals surface area (Å²) in [6, 6.07) is 8.18. The standard InChI is InChI=1S/C12H16INO.ClH/c13-11-5-1-2-6-12(11)15-9-10-4-3-7-14-8-10;/h1-2,5-6,10,14H,3-4,7-9H2;1H. The van der Waals surface area contributed by atoms with Crippen LogP contribution in [0.5, 0.6) is 5.75 Å². The van der Waals surface area contributed by atoms with Gasteiger partial charge in [-0.3, -0.25) is 0 Å². The van der Waals surface area contributed by atoms with Crippen molar-refractivity contribution < 1.29 is 4.74 Å². The molecule has 2 rings (SSSR count). The summed E-state index contributed by atoms with van der Waals surface area (Å²) in [5.74, 6) is 1.69. The van der Waals surface area contributed by atoms with E-state index < -0.39 is 0 Å². The maximum Gasteiger partial charge on any atom is 0.132 e. The van der Waals surface area contributed by atoms with Crippen molar-refractivity contribution in [3.05, 3.63) is 27.8 Å². The minimum absolute atomic E-state index is 0. The molecule has 1 aromatic carbocycles. The summed E-state index contributed by atoms with van der Waals surface area (Å²) in [5, 5.41) is 3.40. The predicted octanol–water partition coefficient (Wildman–Crippen LogP) is 3.09. The van der Waals surface area contributed by atoms with Gasteiger partial charge < -0.3 is 10.1 Å². The van der Waals surface area contributed by atoms with Gasteiger partial charge in [-0.1, -0.05) is 12.1 Å². The van der Waals surface area contributed by atoms with Gasteiger partial charge >= 0.3 is 0 Å². The summed E-state index contributed by atoms with van der Waals surface area (Å²) in [4.78, 5) is 0. The Labute approximate surface area is 117 Å². The molecule has 1 unspecified atom stereocenters. The number of para-hydroxylation sites is 1. The van der Waals surface area contributed by atoms with E-state index in [0.29, 0.717) is 5.92 Å². The second-order valence-corrected chi connectivity index (χ2v) is 5.12. The van der Waals surface area contributed by atoms with Crippen LogP contribution in [-0.2, 0) is 0 Å². The summed E-state index contributed by atoms with van der Waals surface area (Å²) >= 11 is 2.31. The molecule has 1 atom stereocenters. The first-order valence-electron chi connectivity index (χ1n) is 5.44. The van der Waals surface area contributed by atoms with Gasteiger partial charge in [0.05, 0.1) is 10.2 Å². The van der Waals surface area contributed by atoms with Crippen LogP contribution in [0.25, 0.3) is 0 Å². The lowest BCUT2D eigenvalue weighted by molar-refractivity contribution is 0.217. The molecule has 0 aliphatic carbocycles. The molecule has 16 heavy (non-hydrogen) atoms. The molecule has 0 amide bonds. The highest BCUT2D eigenvalue weighted by molar-refractivity contribution is 14.1. The number of hydrogen-bond acceptors (Lipinski definition) is 2. The molecule has 1 aromatic rings. The second kappa shape index (κ2) is 7.35. The van der Waals surface area contributed by atoms with E-state index in [2.05, 4.69) is 34.0 Å². The third-order valence-electron chi connectivity index (χ3n) is 2.71. The van der Waals surface area contributed by atoms with E-state index in [-0.39, 0.29) is 12.4 Å². The Hall–Kier alpha value is -0.0000000000000000208. The normalized spacial score (nSPS) is 19.9. The highest BCUT2D eigenvalue weighted by atomic mass is 127. The fourth-order valence-corrected chi connectivity index (χ4v) is 2.38. The van der Waals surface area contributed by atoms with Gasteiger partial charge in [-0.05, 0) is 54.1 Å². The molecule has 0 saturated carbocycles. The molecule has 1 heterocycles. The zero-order valence-electron chi connectivity index (χ0n) is 9.12. The minimum Gasteiger partial charge on any atom is -0.492 e.